The minimum atomic E-state index is -3.68. The Balaban J connectivity index is 1.69. The SMILES string of the molecule is CCCS(=O)(=O)Nc1cccc(-c2cc(OC)c3nc(-c4cnc(N)nc4)nc(N4CCOCC4)c3c2)c1F. The summed E-state index contributed by atoms with van der Waals surface area (Å²) in [6.07, 6.45) is 3.51. The molecule has 0 bridgehead atoms. The molecule has 5 rings (SSSR count). The number of ether oxygens (including phenoxy) is 2. The van der Waals surface area contributed by atoms with Crippen molar-refractivity contribution < 1.29 is 22.3 Å². The highest BCUT2D eigenvalue weighted by Gasteiger charge is 2.23. The molecule has 0 aliphatic carbocycles. The van der Waals surface area contributed by atoms with Gasteiger partial charge in [0.2, 0.25) is 16.0 Å². The van der Waals surface area contributed by atoms with Crippen molar-refractivity contribution in [2.45, 2.75) is 13.3 Å². The number of nitrogen functional groups attached to an aromatic ring is 1. The van der Waals surface area contributed by atoms with Crippen LogP contribution in [0.3, 0.4) is 0 Å². The predicted octanol–water partition coefficient (Wildman–Crippen LogP) is 3.47. The second kappa shape index (κ2) is 10.9. The van der Waals surface area contributed by atoms with Crippen LogP contribution in [-0.4, -0.2) is 67.5 Å². The van der Waals surface area contributed by atoms with E-state index < -0.39 is 15.8 Å². The van der Waals surface area contributed by atoms with Crippen molar-refractivity contribution in [3.63, 3.8) is 0 Å². The van der Waals surface area contributed by atoms with Crippen molar-refractivity contribution in [3.8, 4) is 28.3 Å². The van der Waals surface area contributed by atoms with Crippen LogP contribution in [0.1, 0.15) is 13.3 Å². The molecule has 1 aliphatic rings. The summed E-state index contributed by atoms with van der Waals surface area (Å²) in [4.78, 5) is 19.8. The lowest BCUT2D eigenvalue weighted by atomic mass is 10.0. The van der Waals surface area contributed by atoms with E-state index in [1.54, 1.807) is 43.6 Å². The molecule has 204 valence electrons. The van der Waals surface area contributed by atoms with Crippen LogP contribution in [0.2, 0.25) is 0 Å². The first-order chi connectivity index (χ1) is 18.8. The van der Waals surface area contributed by atoms with Gasteiger partial charge in [0.05, 0.1) is 37.3 Å². The van der Waals surface area contributed by atoms with Gasteiger partial charge in [0.1, 0.15) is 17.1 Å². The quantitative estimate of drug-likeness (QED) is 0.333. The van der Waals surface area contributed by atoms with Crippen LogP contribution < -0.4 is 20.1 Å². The first kappa shape index (κ1) is 26.5. The zero-order chi connectivity index (χ0) is 27.6. The van der Waals surface area contributed by atoms with Gasteiger partial charge >= 0.3 is 0 Å². The van der Waals surface area contributed by atoms with E-state index in [0.717, 1.165) is 0 Å². The van der Waals surface area contributed by atoms with Crippen LogP contribution in [0, 0.1) is 5.82 Å². The van der Waals surface area contributed by atoms with Gasteiger partial charge in [0, 0.05) is 36.4 Å². The lowest BCUT2D eigenvalue weighted by Gasteiger charge is -2.29. The van der Waals surface area contributed by atoms with E-state index in [2.05, 4.69) is 19.6 Å². The number of fused-ring (bicyclic) bond motifs is 1. The molecule has 0 radical (unpaired) electrons. The molecule has 4 aromatic rings. The maximum atomic E-state index is 15.7. The standard InChI is InChI=1S/C26H28FN7O4S/c1-3-11-39(35,36)33-20-6-4-5-18(22(20)27)16-12-19-23(21(13-16)37-2)31-24(17-14-29-26(28)30-15-17)32-25(19)34-7-9-38-10-8-34/h4-6,12-15,33H,3,7-11H2,1-2H3,(H2,28,29,30). The fourth-order valence-corrected chi connectivity index (χ4v) is 5.55. The lowest BCUT2D eigenvalue weighted by molar-refractivity contribution is 0.122. The molecular weight excluding hydrogens is 525 g/mol. The second-order valence-corrected chi connectivity index (χ2v) is 10.8. The molecule has 1 aliphatic heterocycles. The number of hydrogen-bond acceptors (Lipinski definition) is 10. The van der Waals surface area contributed by atoms with E-state index in [1.165, 1.54) is 13.2 Å². The molecule has 3 N–H and O–H groups in total. The Morgan fingerprint density at radius 1 is 1.13 bits per heavy atom. The van der Waals surface area contributed by atoms with Crippen molar-refractivity contribution in [1.82, 2.24) is 19.9 Å². The van der Waals surface area contributed by atoms with Gasteiger partial charge in [-0.15, -0.1) is 0 Å². The maximum absolute atomic E-state index is 15.7. The number of hydrogen-bond donors (Lipinski definition) is 2. The molecule has 2 aromatic carbocycles. The number of anilines is 3. The zero-order valence-electron chi connectivity index (χ0n) is 21.5. The van der Waals surface area contributed by atoms with Gasteiger partial charge in [-0.2, -0.15) is 0 Å². The first-order valence-corrected chi connectivity index (χ1v) is 14.0. The third kappa shape index (κ3) is 5.54. The van der Waals surface area contributed by atoms with Crippen molar-refractivity contribution in [1.29, 1.82) is 0 Å². The fraction of sp³-hybridized carbons (Fsp3) is 0.308. The molecule has 39 heavy (non-hydrogen) atoms. The molecule has 1 fully saturated rings. The smallest absolute Gasteiger partial charge is 0.232 e. The molecule has 1 saturated heterocycles. The summed E-state index contributed by atoms with van der Waals surface area (Å²) in [7, 11) is -2.17. The molecule has 13 heteroatoms. The highest BCUT2D eigenvalue weighted by molar-refractivity contribution is 7.92. The van der Waals surface area contributed by atoms with Gasteiger partial charge in [0.25, 0.3) is 0 Å². The Hall–Kier alpha value is -4.10. The number of halogens is 1. The molecule has 3 heterocycles. The van der Waals surface area contributed by atoms with Gasteiger partial charge in [-0.3, -0.25) is 4.72 Å². The van der Waals surface area contributed by atoms with E-state index in [-0.39, 0.29) is 23.0 Å². The minimum absolute atomic E-state index is 0.109. The van der Waals surface area contributed by atoms with Gasteiger partial charge < -0.3 is 20.1 Å². The number of nitrogens with two attached hydrogens (primary N) is 1. The Kier molecular flexibility index (Phi) is 7.44. The van der Waals surface area contributed by atoms with Crippen molar-refractivity contribution in [2.24, 2.45) is 0 Å². The van der Waals surface area contributed by atoms with Crippen molar-refractivity contribution in [2.75, 3.05) is 54.5 Å². The summed E-state index contributed by atoms with van der Waals surface area (Å²) in [6.45, 7) is 3.99. The minimum Gasteiger partial charge on any atom is -0.494 e. The monoisotopic (exact) mass is 553 g/mol. The van der Waals surface area contributed by atoms with E-state index in [1.807, 2.05) is 0 Å². The Morgan fingerprint density at radius 3 is 2.56 bits per heavy atom. The molecule has 11 nitrogen and oxygen atoms in total. The van der Waals surface area contributed by atoms with Crippen LogP contribution in [0.4, 0.5) is 21.8 Å². The maximum Gasteiger partial charge on any atom is 0.232 e. The number of morpholine rings is 1. The van der Waals surface area contributed by atoms with E-state index in [0.29, 0.717) is 72.1 Å². The summed E-state index contributed by atoms with van der Waals surface area (Å²) in [5.41, 5.74) is 7.31. The van der Waals surface area contributed by atoms with Crippen LogP contribution in [0.5, 0.6) is 5.75 Å². The Labute approximate surface area is 225 Å². The third-order valence-corrected chi connectivity index (χ3v) is 7.73. The molecule has 0 atom stereocenters. The number of nitrogens with zero attached hydrogens (tertiary/aromatic N) is 5. The molecule has 0 saturated carbocycles. The van der Waals surface area contributed by atoms with Crippen LogP contribution >= 0.6 is 0 Å². The number of nitrogens with one attached hydrogen (secondary N) is 1. The molecule has 0 spiro atoms. The highest BCUT2D eigenvalue weighted by Crippen LogP contribution is 2.39. The zero-order valence-corrected chi connectivity index (χ0v) is 22.3. The molecule has 0 unspecified atom stereocenters. The number of methoxy groups -OCH3 is 1. The fourth-order valence-electron chi connectivity index (χ4n) is 4.42. The number of sulfonamides is 1. The third-order valence-electron chi connectivity index (χ3n) is 6.25. The van der Waals surface area contributed by atoms with E-state index >= 15 is 4.39 Å². The number of benzene rings is 2. The topological polar surface area (TPSA) is 145 Å². The normalized spacial score (nSPS) is 14.0. The average molecular weight is 554 g/mol. The predicted molar refractivity (Wildman–Crippen MR) is 148 cm³/mol. The van der Waals surface area contributed by atoms with Gasteiger partial charge in [-0.05, 0) is 30.2 Å². The van der Waals surface area contributed by atoms with Gasteiger partial charge in [-0.1, -0.05) is 19.1 Å². The van der Waals surface area contributed by atoms with E-state index in [9.17, 15) is 8.42 Å². The van der Waals surface area contributed by atoms with Crippen LogP contribution in [0.15, 0.2) is 42.7 Å². The van der Waals surface area contributed by atoms with Gasteiger partial charge in [-0.25, -0.2) is 32.7 Å². The number of aromatic nitrogens is 4. The molecule has 2 aromatic heterocycles. The van der Waals surface area contributed by atoms with E-state index in [4.69, 9.17) is 25.2 Å². The molecule has 0 amide bonds. The highest BCUT2D eigenvalue weighted by atomic mass is 32.2. The summed E-state index contributed by atoms with van der Waals surface area (Å²) >= 11 is 0. The lowest BCUT2D eigenvalue weighted by Crippen LogP contribution is -2.37. The average Bonchev–Trinajstić information content (AvgIpc) is 2.93. The van der Waals surface area contributed by atoms with Gasteiger partial charge in [0.15, 0.2) is 11.6 Å². The largest absolute Gasteiger partial charge is 0.494 e. The Bertz CT molecular complexity index is 1610. The first-order valence-electron chi connectivity index (χ1n) is 12.4. The summed E-state index contributed by atoms with van der Waals surface area (Å²) in [6, 6.07) is 8.04. The Morgan fingerprint density at radius 2 is 1.87 bits per heavy atom. The van der Waals surface area contributed by atoms with Crippen molar-refractivity contribution in [3.05, 3.63) is 48.5 Å². The van der Waals surface area contributed by atoms with Crippen LogP contribution in [0.25, 0.3) is 33.4 Å². The summed E-state index contributed by atoms with van der Waals surface area (Å²) in [5, 5.41) is 0.641. The molecular formula is C26H28FN7O4S. The summed E-state index contributed by atoms with van der Waals surface area (Å²) < 4.78 is 53.9. The summed E-state index contributed by atoms with van der Waals surface area (Å²) in [5.74, 6) is 0.735. The van der Waals surface area contributed by atoms with Crippen LogP contribution in [-0.2, 0) is 14.8 Å². The number of rotatable bonds is 8. The second-order valence-electron chi connectivity index (χ2n) is 8.96. The van der Waals surface area contributed by atoms with Crippen molar-refractivity contribution >= 4 is 38.4 Å².